The number of methoxy groups -OCH3 is 5. The summed E-state index contributed by atoms with van der Waals surface area (Å²) < 4.78 is 44.7. The molecule has 1 saturated carbocycles. The Balaban J connectivity index is 1.10. The van der Waals surface area contributed by atoms with Crippen LogP contribution in [0.15, 0.2) is 60.7 Å². The molecule has 280 valence electrons. The van der Waals surface area contributed by atoms with Gasteiger partial charge in [0.25, 0.3) is 0 Å². The highest BCUT2D eigenvalue weighted by atomic mass is 16.7. The summed E-state index contributed by atoms with van der Waals surface area (Å²) in [4.78, 5) is 46.2. The Hall–Kier alpha value is -5.27. The predicted octanol–water partition coefficient (Wildman–Crippen LogP) is 5.88. The van der Waals surface area contributed by atoms with Crippen molar-refractivity contribution < 1.29 is 52.3 Å². The number of aromatic nitrogens is 1. The molecular weight excluding hydrogens is 684 g/mol. The van der Waals surface area contributed by atoms with E-state index in [0.717, 1.165) is 36.3 Å². The summed E-state index contributed by atoms with van der Waals surface area (Å²) >= 11 is 0. The fraction of sp³-hybridized carbons (Fsp3) is 0.425. The van der Waals surface area contributed by atoms with Crippen LogP contribution in [0.5, 0.6) is 23.0 Å². The van der Waals surface area contributed by atoms with Crippen LogP contribution < -0.4 is 18.9 Å². The first-order chi connectivity index (χ1) is 25.8. The zero-order valence-corrected chi connectivity index (χ0v) is 30.4. The third-order valence-corrected chi connectivity index (χ3v) is 10.9. The van der Waals surface area contributed by atoms with Crippen LogP contribution in [-0.2, 0) is 36.8 Å². The second kappa shape index (κ2) is 15.4. The molecule has 0 amide bonds. The van der Waals surface area contributed by atoms with Gasteiger partial charge in [-0.25, -0.2) is 9.59 Å². The summed E-state index contributed by atoms with van der Waals surface area (Å²) in [5, 5.41) is 1.19. The molecule has 1 aliphatic carbocycles. The molecule has 3 heterocycles. The van der Waals surface area contributed by atoms with Gasteiger partial charge in [-0.15, -0.1) is 0 Å². The van der Waals surface area contributed by atoms with E-state index in [4.69, 9.17) is 37.9 Å². The number of ether oxygens (including phenoxy) is 8. The average Bonchev–Trinajstić information content (AvgIpc) is 3.57. The number of carbonyl (C=O) groups is 3. The fourth-order valence-corrected chi connectivity index (χ4v) is 8.49. The third-order valence-electron chi connectivity index (χ3n) is 10.9. The summed E-state index contributed by atoms with van der Waals surface area (Å²) in [7, 11) is 7.31. The van der Waals surface area contributed by atoms with E-state index in [1.807, 2.05) is 42.5 Å². The van der Waals surface area contributed by atoms with Crippen molar-refractivity contribution in [1.29, 1.82) is 0 Å². The Labute approximate surface area is 307 Å². The Bertz CT molecular complexity index is 1950. The average molecular weight is 729 g/mol. The van der Waals surface area contributed by atoms with Crippen LogP contribution in [0.2, 0.25) is 0 Å². The highest BCUT2D eigenvalue weighted by Crippen LogP contribution is 2.51. The molecule has 0 radical (unpaired) electrons. The number of benzene rings is 3. The first kappa shape index (κ1) is 36.1. The van der Waals surface area contributed by atoms with Gasteiger partial charge in [0.05, 0.1) is 46.0 Å². The van der Waals surface area contributed by atoms with Crippen LogP contribution >= 0.6 is 0 Å². The van der Waals surface area contributed by atoms with Crippen LogP contribution in [0.4, 0.5) is 4.79 Å². The van der Waals surface area contributed by atoms with E-state index < -0.39 is 36.2 Å². The van der Waals surface area contributed by atoms with Gasteiger partial charge in [0.15, 0.2) is 11.5 Å². The topological polar surface area (TPSA) is 144 Å². The Morgan fingerprint density at radius 3 is 2.32 bits per heavy atom. The van der Waals surface area contributed by atoms with E-state index >= 15 is 0 Å². The molecule has 13 heteroatoms. The molecule has 2 aliphatic heterocycles. The van der Waals surface area contributed by atoms with Crippen LogP contribution in [0.3, 0.4) is 0 Å². The van der Waals surface area contributed by atoms with E-state index in [1.165, 1.54) is 57.2 Å². The standard InChI is InChI=1S/C40H44N2O11/c1-46-25-11-12-26-27-13-14-42-20-24-17-33(37(49-4)34(39(44)50-5)28(24)19-30(42)35(27)41-29(26)18-25)52-38(43)23-15-31(47-2)36(32(16-23)48-3)53-40(45)51-21-22-9-7-6-8-10-22/h6-12,15-16,18,24,28,30,33-34,37,41H,13-14,17,19-21H2,1-5H3/t24-,28+,30-,33-,34+,37+/m1/s1. The van der Waals surface area contributed by atoms with Crippen molar-refractivity contribution in [3.63, 3.8) is 0 Å². The fourth-order valence-electron chi connectivity index (χ4n) is 8.49. The van der Waals surface area contributed by atoms with Crippen LogP contribution in [-0.4, -0.2) is 88.8 Å². The molecule has 1 saturated heterocycles. The molecule has 6 atom stereocenters. The largest absolute Gasteiger partial charge is 0.514 e. The number of aromatic amines is 1. The van der Waals surface area contributed by atoms with E-state index in [-0.39, 0.29) is 47.3 Å². The molecule has 2 fully saturated rings. The number of carbonyl (C=O) groups excluding carboxylic acids is 3. The molecule has 1 aromatic heterocycles. The van der Waals surface area contributed by atoms with Crippen molar-refractivity contribution in [3.8, 4) is 23.0 Å². The number of fused-ring (bicyclic) bond motifs is 6. The lowest BCUT2D eigenvalue weighted by Gasteiger charge is -2.52. The number of hydrogen-bond donors (Lipinski definition) is 1. The van der Waals surface area contributed by atoms with E-state index in [0.29, 0.717) is 12.8 Å². The molecule has 1 N–H and O–H groups in total. The van der Waals surface area contributed by atoms with Crippen LogP contribution in [0.25, 0.3) is 10.9 Å². The highest BCUT2D eigenvalue weighted by molar-refractivity contribution is 5.92. The van der Waals surface area contributed by atoms with Crippen LogP contribution in [0.1, 0.15) is 46.1 Å². The van der Waals surface area contributed by atoms with Crippen molar-refractivity contribution in [2.24, 2.45) is 17.8 Å². The van der Waals surface area contributed by atoms with Gasteiger partial charge in [-0.1, -0.05) is 30.3 Å². The Kier molecular flexibility index (Phi) is 10.5. The van der Waals surface area contributed by atoms with Crippen molar-refractivity contribution in [3.05, 3.63) is 83.0 Å². The summed E-state index contributed by atoms with van der Waals surface area (Å²) in [6.07, 6.45) is -0.380. The quantitative estimate of drug-likeness (QED) is 0.118. The summed E-state index contributed by atoms with van der Waals surface area (Å²) in [6, 6.07) is 18.2. The first-order valence-electron chi connectivity index (χ1n) is 17.6. The maximum Gasteiger partial charge on any atom is 0.514 e. The zero-order valence-electron chi connectivity index (χ0n) is 30.4. The van der Waals surface area contributed by atoms with E-state index in [9.17, 15) is 14.4 Å². The number of nitrogens with zero attached hydrogens (tertiary/aromatic N) is 1. The molecule has 13 nitrogen and oxygen atoms in total. The van der Waals surface area contributed by atoms with E-state index in [2.05, 4.69) is 16.0 Å². The number of hydrogen-bond acceptors (Lipinski definition) is 12. The second-order valence-corrected chi connectivity index (χ2v) is 13.6. The molecule has 4 aromatic rings. The van der Waals surface area contributed by atoms with Crippen LogP contribution in [0, 0.1) is 17.8 Å². The maximum atomic E-state index is 13.8. The second-order valence-electron chi connectivity index (χ2n) is 13.6. The SMILES string of the molecule is COC(=O)[C@H]1[C@H]2C[C@@H]3c4[nH]c5cc(OC)ccc5c4CCN3C[C@H]2C[C@@H](OC(=O)c2cc(OC)c(OC(=O)OCc3ccccc3)c(OC)c2)[C@@H]1OC. The van der Waals surface area contributed by atoms with Crippen molar-refractivity contribution in [2.75, 3.05) is 48.6 Å². The number of esters is 2. The van der Waals surface area contributed by atoms with Gasteiger partial charge < -0.3 is 42.9 Å². The molecular formula is C40H44N2O11. The minimum Gasteiger partial charge on any atom is -0.497 e. The lowest BCUT2D eigenvalue weighted by atomic mass is 9.63. The number of nitrogens with one attached hydrogen (secondary N) is 1. The molecule has 7 rings (SSSR count). The smallest absolute Gasteiger partial charge is 0.497 e. The molecule has 0 bridgehead atoms. The Morgan fingerprint density at radius 1 is 0.887 bits per heavy atom. The predicted molar refractivity (Wildman–Crippen MR) is 191 cm³/mol. The maximum absolute atomic E-state index is 13.8. The Morgan fingerprint density at radius 2 is 1.64 bits per heavy atom. The van der Waals surface area contributed by atoms with Crippen molar-refractivity contribution in [1.82, 2.24) is 9.88 Å². The molecule has 0 spiro atoms. The molecule has 53 heavy (non-hydrogen) atoms. The lowest BCUT2D eigenvalue weighted by Crippen LogP contribution is -2.58. The van der Waals surface area contributed by atoms with Gasteiger partial charge >= 0.3 is 18.1 Å². The van der Waals surface area contributed by atoms with E-state index in [1.54, 1.807) is 7.11 Å². The lowest BCUT2D eigenvalue weighted by molar-refractivity contribution is -0.176. The minimum atomic E-state index is -0.973. The minimum absolute atomic E-state index is 0.00327. The molecule has 0 unspecified atom stereocenters. The molecule has 3 aromatic carbocycles. The number of piperidine rings is 1. The van der Waals surface area contributed by atoms with Gasteiger partial charge in [0.2, 0.25) is 5.75 Å². The van der Waals surface area contributed by atoms with Gasteiger partial charge in [-0.2, -0.15) is 0 Å². The highest BCUT2D eigenvalue weighted by Gasteiger charge is 2.54. The van der Waals surface area contributed by atoms with Gasteiger partial charge in [0.1, 0.15) is 24.6 Å². The normalized spacial score (nSPS) is 23.5. The summed E-state index contributed by atoms with van der Waals surface area (Å²) in [5.41, 5.74) is 4.38. The van der Waals surface area contributed by atoms with Gasteiger partial charge in [0, 0.05) is 42.9 Å². The number of rotatable bonds is 10. The van der Waals surface area contributed by atoms with Gasteiger partial charge in [-0.3, -0.25) is 9.69 Å². The first-order valence-corrected chi connectivity index (χ1v) is 17.6. The van der Waals surface area contributed by atoms with Crippen molar-refractivity contribution >= 4 is 29.0 Å². The monoisotopic (exact) mass is 728 g/mol. The third kappa shape index (κ3) is 6.98. The zero-order chi connectivity index (χ0) is 37.2. The summed E-state index contributed by atoms with van der Waals surface area (Å²) in [5.74, 6) is -0.932. The molecule has 3 aliphatic rings. The van der Waals surface area contributed by atoms with Crippen molar-refractivity contribution in [2.45, 2.75) is 44.1 Å². The van der Waals surface area contributed by atoms with Gasteiger partial charge in [-0.05, 0) is 66.5 Å². The summed E-state index contributed by atoms with van der Waals surface area (Å²) in [6.45, 7) is 1.59. The number of H-pyrrole nitrogens is 1.